The zero-order valence-corrected chi connectivity index (χ0v) is 18.8. The summed E-state index contributed by atoms with van der Waals surface area (Å²) in [5, 5.41) is 0.960. The number of fused-ring (bicyclic) bond motifs is 2. The summed E-state index contributed by atoms with van der Waals surface area (Å²) in [6.07, 6.45) is 1.70. The number of nitrogens with zero attached hydrogens (tertiary/aromatic N) is 1. The van der Waals surface area contributed by atoms with Crippen LogP contribution in [0.4, 0.5) is 0 Å². The molecule has 0 saturated carbocycles. The maximum absolute atomic E-state index is 12.6. The van der Waals surface area contributed by atoms with Gasteiger partial charge in [0, 0.05) is 24.3 Å². The van der Waals surface area contributed by atoms with Crippen LogP contribution in [-0.2, 0) is 23.0 Å². The van der Waals surface area contributed by atoms with Gasteiger partial charge in [0.05, 0.1) is 14.2 Å². The van der Waals surface area contributed by atoms with Crippen molar-refractivity contribution in [3.8, 4) is 11.5 Å². The molecule has 160 valence electrons. The summed E-state index contributed by atoms with van der Waals surface area (Å²) in [6.45, 7) is 3.04. The summed E-state index contributed by atoms with van der Waals surface area (Å²) in [5.74, 6) is 1.51. The third-order valence-corrected chi connectivity index (χ3v) is 8.46. The molecular formula is C22H26N2O4S2. The van der Waals surface area contributed by atoms with Gasteiger partial charge in [0.2, 0.25) is 10.0 Å². The number of methoxy groups -OCH3 is 2. The molecule has 1 aliphatic heterocycles. The molecule has 0 fully saturated rings. The van der Waals surface area contributed by atoms with Crippen LogP contribution >= 0.6 is 11.3 Å². The lowest BCUT2D eigenvalue weighted by Gasteiger charge is -2.29. The monoisotopic (exact) mass is 446 g/mol. The Morgan fingerprint density at radius 3 is 2.53 bits per heavy atom. The lowest BCUT2D eigenvalue weighted by atomic mass is 9.98. The normalized spacial score (nSPS) is 14.6. The Hall–Kier alpha value is -2.13. The van der Waals surface area contributed by atoms with Gasteiger partial charge in [-0.15, -0.1) is 11.3 Å². The second-order valence-electron chi connectivity index (χ2n) is 7.36. The van der Waals surface area contributed by atoms with E-state index in [0.29, 0.717) is 10.8 Å². The first-order valence-corrected chi connectivity index (χ1v) is 12.2. The van der Waals surface area contributed by atoms with Crippen LogP contribution < -0.4 is 14.2 Å². The number of ether oxygens (including phenoxy) is 2. The van der Waals surface area contributed by atoms with Crippen molar-refractivity contribution in [2.75, 3.05) is 33.9 Å². The van der Waals surface area contributed by atoms with E-state index in [1.807, 2.05) is 30.3 Å². The van der Waals surface area contributed by atoms with Crippen LogP contribution in [0.25, 0.3) is 10.1 Å². The van der Waals surface area contributed by atoms with E-state index in [0.717, 1.165) is 54.1 Å². The first-order valence-electron chi connectivity index (χ1n) is 9.94. The standard InChI is InChI=1S/C22H26N2O4S2/c1-27-19-12-16-8-11-24(15-18(16)13-20(19)28-2)10-5-9-23-30(25,26)22-14-17-6-3-4-7-21(17)29-22/h3-4,6-7,12-14,23H,5,8-11,15H2,1-2H3. The minimum Gasteiger partial charge on any atom is -0.493 e. The molecule has 1 aliphatic rings. The lowest BCUT2D eigenvalue weighted by molar-refractivity contribution is 0.250. The second-order valence-corrected chi connectivity index (χ2v) is 10.4. The number of rotatable bonds is 8. The van der Waals surface area contributed by atoms with E-state index in [4.69, 9.17) is 9.47 Å². The van der Waals surface area contributed by atoms with Crippen molar-refractivity contribution in [1.82, 2.24) is 9.62 Å². The number of thiophene rings is 1. The highest BCUT2D eigenvalue weighted by Crippen LogP contribution is 2.33. The third kappa shape index (κ3) is 4.46. The van der Waals surface area contributed by atoms with Crippen LogP contribution in [0.1, 0.15) is 17.5 Å². The van der Waals surface area contributed by atoms with Gasteiger partial charge in [0.1, 0.15) is 4.21 Å². The molecule has 4 rings (SSSR count). The van der Waals surface area contributed by atoms with Crippen molar-refractivity contribution in [1.29, 1.82) is 0 Å². The Morgan fingerprint density at radius 2 is 1.80 bits per heavy atom. The summed E-state index contributed by atoms with van der Waals surface area (Å²) >= 11 is 1.31. The van der Waals surface area contributed by atoms with Gasteiger partial charge in [0.25, 0.3) is 0 Å². The Bertz CT molecular complexity index is 1110. The second kappa shape index (κ2) is 8.93. The molecule has 0 atom stereocenters. The zero-order valence-electron chi connectivity index (χ0n) is 17.2. The lowest BCUT2D eigenvalue weighted by Crippen LogP contribution is -2.33. The maximum atomic E-state index is 12.6. The van der Waals surface area contributed by atoms with E-state index in [2.05, 4.69) is 15.7 Å². The molecule has 0 amide bonds. The minimum atomic E-state index is -3.47. The van der Waals surface area contributed by atoms with E-state index >= 15 is 0 Å². The predicted octanol–water partition coefficient (Wildman–Crippen LogP) is 3.65. The van der Waals surface area contributed by atoms with E-state index in [1.54, 1.807) is 20.3 Å². The highest BCUT2D eigenvalue weighted by molar-refractivity contribution is 7.91. The quantitative estimate of drug-likeness (QED) is 0.535. The molecule has 0 bridgehead atoms. The maximum Gasteiger partial charge on any atom is 0.250 e. The Kier molecular flexibility index (Phi) is 6.29. The molecule has 6 nitrogen and oxygen atoms in total. The highest BCUT2D eigenvalue weighted by atomic mass is 32.2. The SMILES string of the molecule is COc1cc2c(cc1OC)CN(CCCNS(=O)(=O)c1cc3ccccc3s1)CC2. The van der Waals surface area contributed by atoms with E-state index in [1.165, 1.54) is 22.5 Å². The van der Waals surface area contributed by atoms with Crippen molar-refractivity contribution in [3.63, 3.8) is 0 Å². The first kappa shape index (κ1) is 21.1. The van der Waals surface area contributed by atoms with Gasteiger partial charge in [-0.25, -0.2) is 13.1 Å². The van der Waals surface area contributed by atoms with Gasteiger partial charge in [-0.05, 0) is 60.2 Å². The van der Waals surface area contributed by atoms with E-state index < -0.39 is 10.0 Å². The summed E-state index contributed by atoms with van der Waals surface area (Å²) in [7, 11) is -0.173. The number of hydrogen-bond donors (Lipinski definition) is 1. The molecule has 0 saturated heterocycles. The van der Waals surface area contributed by atoms with E-state index in [9.17, 15) is 8.42 Å². The molecule has 0 spiro atoms. The number of sulfonamides is 1. The van der Waals surface area contributed by atoms with E-state index in [-0.39, 0.29) is 0 Å². The largest absolute Gasteiger partial charge is 0.493 e. The van der Waals surface area contributed by atoms with Gasteiger partial charge < -0.3 is 9.47 Å². The van der Waals surface area contributed by atoms with Crippen LogP contribution in [0.2, 0.25) is 0 Å². The molecule has 3 aromatic rings. The predicted molar refractivity (Wildman–Crippen MR) is 120 cm³/mol. The smallest absolute Gasteiger partial charge is 0.250 e. The molecule has 2 aromatic carbocycles. The Balaban J connectivity index is 1.32. The molecule has 1 N–H and O–H groups in total. The van der Waals surface area contributed by atoms with Gasteiger partial charge >= 0.3 is 0 Å². The minimum absolute atomic E-state index is 0.372. The molecular weight excluding hydrogens is 420 g/mol. The van der Waals surface area contributed by atoms with Crippen molar-refractivity contribution in [3.05, 3.63) is 53.6 Å². The summed E-state index contributed by atoms with van der Waals surface area (Å²) in [6, 6.07) is 13.6. The fourth-order valence-electron chi connectivity index (χ4n) is 3.80. The molecule has 0 aliphatic carbocycles. The third-order valence-electron chi connectivity index (χ3n) is 5.41. The average molecular weight is 447 g/mol. The average Bonchev–Trinajstić information content (AvgIpc) is 3.21. The Morgan fingerprint density at radius 1 is 1.07 bits per heavy atom. The first-order chi connectivity index (χ1) is 14.5. The summed E-state index contributed by atoms with van der Waals surface area (Å²) in [5.41, 5.74) is 2.53. The van der Waals surface area contributed by atoms with Crippen molar-refractivity contribution in [2.24, 2.45) is 0 Å². The topological polar surface area (TPSA) is 67.9 Å². The molecule has 2 heterocycles. The number of hydrogen-bond acceptors (Lipinski definition) is 6. The van der Waals surface area contributed by atoms with Crippen LogP contribution in [0.5, 0.6) is 11.5 Å². The van der Waals surface area contributed by atoms with Crippen LogP contribution in [0, 0.1) is 0 Å². The van der Waals surface area contributed by atoms with Gasteiger partial charge in [0.15, 0.2) is 11.5 Å². The number of benzene rings is 2. The van der Waals surface area contributed by atoms with Crippen LogP contribution in [-0.4, -0.2) is 47.2 Å². The molecule has 30 heavy (non-hydrogen) atoms. The van der Waals surface area contributed by atoms with Crippen molar-refractivity contribution >= 4 is 31.4 Å². The highest BCUT2D eigenvalue weighted by Gasteiger charge is 2.20. The van der Waals surface area contributed by atoms with Crippen LogP contribution in [0.3, 0.4) is 0 Å². The van der Waals surface area contributed by atoms with Gasteiger partial charge in [-0.1, -0.05) is 18.2 Å². The molecule has 0 radical (unpaired) electrons. The summed E-state index contributed by atoms with van der Waals surface area (Å²) < 4.78 is 40.1. The van der Waals surface area contributed by atoms with Crippen molar-refractivity contribution < 1.29 is 17.9 Å². The van der Waals surface area contributed by atoms with Crippen LogP contribution in [0.15, 0.2) is 46.7 Å². The van der Waals surface area contributed by atoms with Crippen molar-refractivity contribution in [2.45, 2.75) is 23.6 Å². The molecule has 8 heteroatoms. The molecule has 1 aromatic heterocycles. The van der Waals surface area contributed by atoms with Gasteiger partial charge in [-0.3, -0.25) is 4.90 Å². The summed E-state index contributed by atoms with van der Waals surface area (Å²) in [4.78, 5) is 2.35. The van der Waals surface area contributed by atoms with Gasteiger partial charge in [-0.2, -0.15) is 0 Å². The Labute approximate surface area is 181 Å². The molecule has 0 unspecified atom stereocenters. The number of nitrogens with one attached hydrogen (secondary N) is 1. The fourth-order valence-corrected chi connectivity index (χ4v) is 6.32. The fraction of sp³-hybridized carbons (Fsp3) is 0.364. The zero-order chi connectivity index (χ0) is 21.1.